The molecule has 1 aliphatic heterocycles. The van der Waals surface area contributed by atoms with Crippen LogP contribution >= 0.6 is 0 Å². The highest BCUT2D eigenvalue weighted by molar-refractivity contribution is 6.08. The van der Waals surface area contributed by atoms with Crippen molar-refractivity contribution in [3.8, 4) is 0 Å². The number of amides is 3. The van der Waals surface area contributed by atoms with Gasteiger partial charge in [0.15, 0.2) is 0 Å². The molecule has 1 aromatic carbocycles. The van der Waals surface area contributed by atoms with Gasteiger partial charge in [-0.25, -0.2) is 0 Å². The maximum absolute atomic E-state index is 12.9. The van der Waals surface area contributed by atoms with Crippen LogP contribution in [0.4, 0.5) is 0 Å². The summed E-state index contributed by atoms with van der Waals surface area (Å²) in [6, 6.07) is 8.82. The Hall–Kier alpha value is -2.43. The van der Waals surface area contributed by atoms with Crippen LogP contribution in [0.25, 0.3) is 0 Å². The quantitative estimate of drug-likeness (QED) is 0.673. The predicted octanol–water partition coefficient (Wildman–Crippen LogP) is 1.89. The molecule has 25 heavy (non-hydrogen) atoms. The summed E-state index contributed by atoms with van der Waals surface area (Å²) in [7, 11) is 0. The molecule has 5 unspecified atom stereocenters. The molecule has 130 valence electrons. The van der Waals surface area contributed by atoms with Gasteiger partial charge in [-0.2, -0.15) is 0 Å². The minimum Gasteiger partial charge on any atom is -0.350 e. The molecule has 3 aliphatic carbocycles. The second kappa shape index (κ2) is 6.14. The number of benzene rings is 1. The first-order chi connectivity index (χ1) is 12.1. The molecule has 1 saturated heterocycles. The van der Waals surface area contributed by atoms with E-state index < -0.39 is 6.04 Å². The van der Waals surface area contributed by atoms with Crippen LogP contribution in [0.2, 0.25) is 0 Å². The van der Waals surface area contributed by atoms with Crippen molar-refractivity contribution in [3.05, 3.63) is 48.0 Å². The van der Waals surface area contributed by atoms with Crippen molar-refractivity contribution in [2.75, 3.05) is 0 Å². The molecule has 4 aliphatic rings. The normalized spacial score (nSPS) is 31.2. The number of nitrogens with zero attached hydrogens (tertiary/aromatic N) is 1. The van der Waals surface area contributed by atoms with Crippen LogP contribution in [-0.2, 0) is 20.9 Å². The number of allylic oxidation sites excluding steroid dienone is 2. The van der Waals surface area contributed by atoms with E-state index in [4.69, 9.17) is 0 Å². The Morgan fingerprint density at radius 2 is 1.64 bits per heavy atom. The summed E-state index contributed by atoms with van der Waals surface area (Å²) >= 11 is 0. The van der Waals surface area contributed by atoms with Crippen LogP contribution in [-0.4, -0.2) is 28.7 Å². The van der Waals surface area contributed by atoms with Gasteiger partial charge in [-0.15, -0.1) is 0 Å². The molecule has 0 radical (unpaired) electrons. The monoisotopic (exact) mass is 338 g/mol. The number of hydrogen-bond donors (Lipinski definition) is 1. The van der Waals surface area contributed by atoms with E-state index in [1.807, 2.05) is 30.3 Å². The van der Waals surface area contributed by atoms with Gasteiger partial charge in [0.1, 0.15) is 6.04 Å². The first-order valence-electron chi connectivity index (χ1n) is 8.95. The largest absolute Gasteiger partial charge is 0.350 e. The Labute approximate surface area is 147 Å². The number of imide groups is 1. The minimum absolute atomic E-state index is 0.149. The van der Waals surface area contributed by atoms with Gasteiger partial charge >= 0.3 is 0 Å². The van der Waals surface area contributed by atoms with Crippen LogP contribution in [0.3, 0.4) is 0 Å². The molecule has 5 atom stereocenters. The Bertz CT molecular complexity index is 711. The summed E-state index contributed by atoms with van der Waals surface area (Å²) in [4.78, 5) is 39.4. The maximum Gasteiger partial charge on any atom is 0.243 e. The van der Waals surface area contributed by atoms with Gasteiger partial charge in [0.2, 0.25) is 17.7 Å². The highest BCUT2D eigenvalue weighted by atomic mass is 16.2. The number of fused-ring (bicyclic) bond motifs is 1. The fraction of sp³-hybridized carbons (Fsp3) is 0.450. The first-order valence-corrected chi connectivity index (χ1v) is 8.95. The molecule has 3 amide bonds. The van der Waals surface area contributed by atoms with Crippen molar-refractivity contribution in [1.82, 2.24) is 10.2 Å². The lowest BCUT2D eigenvalue weighted by Gasteiger charge is -2.38. The van der Waals surface area contributed by atoms with Crippen LogP contribution in [0.15, 0.2) is 42.5 Å². The van der Waals surface area contributed by atoms with E-state index in [1.54, 1.807) is 6.92 Å². The summed E-state index contributed by atoms with van der Waals surface area (Å²) < 4.78 is 0. The SMILES string of the molecule is CC(C(=O)NCc1ccccc1)N1C(=O)C2C3C=CC(CC3)C2C1=O. The van der Waals surface area contributed by atoms with Gasteiger partial charge in [0.25, 0.3) is 0 Å². The molecular weight excluding hydrogens is 316 g/mol. The lowest BCUT2D eigenvalue weighted by atomic mass is 9.63. The van der Waals surface area contributed by atoms with Crippen LogP contribution in [0, 0.1) is 23.7 Å². The molecule has 1 saturated carbocycles. The Kier molecular flexibility index (Phi) is 3.94. The van der Waals surface area contributed by atoms with E-state index in [9.17, 15) is 14.4 Å². The molecule has 1 N–H and O–H groups in total. The van der Waals surface area contributed by atoms with Gasteiger partial charge in [0.05, 0.1) is 11.8 Å². The summed E-state index contributed by atoms with van der Waals surface area (Å²) in [6.45, 7) is 2.03. The van der Waals surface area contributed by atoms with Gasteiger partial charge in [-0.3, -0.25) is 19.3 Å². The zero-order chi connectivity index (χ0) is 17.6. The van der Waals surface area contributed by atoms with Crippen molar-refractivity contribution in [1.29, 1.82) is 0 Å². The molecular formula is C20H22N2O3. The summed E-state index contributed by atoms with van der Waals surface area (Å²) in [5, 5.41) is 2.84. The van der Waals surface area contributed by atoms with E-state index in [0.717, 1.165) is 18.4 Å². The van der Waals surface area contributed by atoms with Gasteiger partial charge in [-0.1, -0.05) is 42.5 Å². The smallest absolute Gasteiger partial charge is 0.243 e. The highest BCUT2D eigenvalue weighted by Gasteiger charge is 2.58. The predicted molar refractivity (Wildman–Crippen MR) is 91.9 cm³/mol. The zero-order valence-corrected chi connectivity index (χ0v) is 14.2. The second-order valence-electron chi connectivity index (χ2n) is 7.27. The lowest BCUT2D eigenvalue weighted by molar-refractivity contribution is -0.147. The van der Waals surface area contributed by atoms with E-state index in [2.05, 4.69) is 17.5 Å². The molecule has 2 fully saturated rings. The number of likely N-dealkylation sites (tertiary alicyclic amines) is 1. The molecule has 1 heterocycles. The third-order valence-electron chi connectivity index (χ3n) is 5.87. The van der Waals surface area contributed by atoms with Crippen molar-refractivity contribution >= 4 is 17.7 Å². The topological polar surface area (TPSA) is 66.5 Å². The Morgan fingerprint density at radius 3 is 2.16 bits per heavy atom. The minimum atomic E-state index is -0.770. The van der Waals surface area contributed by atoms with Gasteiger partial charge in [0, 0.05) is 6.54 Å². The van der Waals surface area contributed by atoms with E-state index in [1.165, 1.54) is 4.90 Å². The van der Waals surface area contributed by atoms with E-state index in [-0.39, 0.29) is 41.4 Å². The van der Waals surface area contributed by atoms with Crippen molar-refractivity contribution in [2.45, 2.75) is 32.4 Å². The Balaban J connectivity index is 1.47. The van der Waals surface area contributed by atoms with Gasteiger partial charge < -0.3 is 5.32 Å². The molecule has 1 aromatic rings. The first kappa shape index (κ1) is 16.1. The summed E-state index contributed by atoms with van der Waals surface area (Å²) in [5.74, 6) is -0.856. The lowest BCUT2D eigenvalue weighted by Crippen LogP contribution is -2.48. The third-order valence-corrected chi connectivity index (χ3v) is 5.87. The number of nitrogens with one attached hydrogen (secondary N) is 1. The van der Waals surface area contributed by atoms with Crippen LogP contribution < -0.4 is 5.32 Å². The fourth-order valence-electron chi connectivity index (χ4n) is 4.53. The molecule has 2 bridgehead atoms. The number of carbonyl (C=O) groups is 3. The number of hydrogen-bond acceptors (Lipinski definition) is 3. The van der Waals surface area contributed by atoms with Crippen molar-refractivity contribution in [2.24, 2.45) is 23.7 Å². The van der Waals surface area contributed by atoms with E-state index in [0.29, 0.717) is 6.54 Å². The maximum atomic E-state index is 12.9. The van der Waals surface area contributed by atoms with Gasteiger partial charge in [-0.05, 0) is 37.2 Å². The third kappa shape index (κ3) is 2.58. The van der Waals surface area contributed by atoms with Crippen molar-refractivity contribution < 1.29 is 14.4 Å². The summed E-state index contributed by atoms with van der Waals surface area (Å²) in [6.07, 6.45) is 6.10. The molecule has 5 rings (SSSR count). The molecule has 5 nitrogen and oxygen atoms in total. The molecule has 5 heteroatoms. The second-order valence-corrected chi connectivity index (χ2v) is 7.27. The van der Waals surface area contributed by atoms with Crippen LogP contribution in [0.5, 0.6) is 0 Å². The van der Waals surface area contributed by atoms with Crippen LogP contribution in [0.1, 0.15) is 25.3 Å². The zero-order valence-electron chi connectivity index (χ0n) is 14.2. The average Bonchev–Trinajstić information content (AvgIpc) is 2.94. The highest BCUT2D eigenvalue weighted by Crippen LogP contribution is 2.49. The Morgan fingerprint density at radius 1 is 1.08 bits per heavy atom. The van der Waals surface area contributed by atoms with E-state index >= 15 is 0 Å². The summed E-state index contributed by atoms with van der Waals surface area (Å²) in [5.41, 5.74) is 0.984. The molecule has 0 aromatic heterocycles. The van der Waals surface area contributed by atoms with Crippen molar-refractivity contribution in [3.63, 3.8) is 0 Å². The number of rotatable bonds is 4. The standard InChI is InChI=1S/C20H22N2O3/c1-12(18(23)21-11-13-5-3-2-4-6-13)22-19(24)16-14-7-8-15(10-9-14)17(16)20(22)25/h2-8,12,14-17H,9-11H2,1H3,(H,21,23). The average molecular weight is 338 g/mol. The number of carbonyl (C=O) groups excluding carboxylic acids is 3. The fourth-order valence-corrected chi connectivity index (χ4v) is 4.53. The molecule has 0 spiro atoms.